The SMILES string of the molecule is COc1cc(C[C@H](Oc2ccc3ccc(=O)oc3c2)C(=O)O)c(O[C@@H]2O[C@H](CO)[C@@H](O)[C@H](O)[C@H]2O)cc1O. The predicted molar refractivity (Wildman–Crippen MR) is 127 cm³/mol. The maximum absolute atomic E-state index is 12.1. The van der Waals surface area contributed by atoms with Gasteiger partial charge < -0.3 is 54.0 Å². The molecule has 2 aromatic carbocycles. The Kier molecular flexibility index (Phi) is 8.04. The van der Waals surface area contributed by atoms with Gasteiger partial charge in [-0.15, -0.1) is 0 Å². The van der Waals surface area contributed by atoms with E-state index in [0.717, 1.165) is 6.07 Å². The van der Waals surface area contributed by atoms with Crippen LogP contribution in [0.15, 0.2) is 51.7 Å². The molecule has 2 heterocycles. The van der Waals surface area contributed by atoms with Crippen LogP contribution in [-0.2, 0) is 16.0 Å². The fourth-order valence-corrected chi connectivity index (χ4v) is 3.97. The van der Waals surface area contributed by atoms with Crippen LogP contribution < -0.4 is 19.8 Å². The molecule has 0 unspecified atom stereocenters. The van der Waals surface area contributed by atoms with Gasteiger partial charge in [-0.2, -0.15) is 0 Å². The van der Waals surface area contributed by atoms with Crippen molar-refractivity contribution in [1.82, 2.24) is 0 Å². The third-order valence-corrected chi connectivity index (χ3v) is 6.01. The lowest BCUT2D eigenvalue weighted by atomic mass is 9.99. The Hall–Kier alpha value is -3.88. The number of rotatable bonds is 9. The molecule has 1 aliphatic heterocycles. The van der Waals surface area contributed by atoms with Crippen LogP contribution in [0, 0.1) is 0 Å². The zero-order valence-corrected chi connectivity index (χ0v) is 20.0. The number of carboxylic acid groups (broad SMARTS) is 1. The number of aliphatic carboxylic acids is 1. The molecule has 0 spiro atoms. The van der Waals surface area contributed by atoms with E-state index < -0.39 is 55.0 Å². The number of carbonyl (C=O) groups is 1. The molecule has 3 aromatic rings. The van der Waals surface area contributed by atoms with E-state index >= 15 is 0 Å². The molecular formula is C25H26O13. The van der Waals surface area contributed by atoms with Crippen LogP contribution in [0.1, 0.15) is 5.56 Å². The summed E-state index contributed by atoms with van der Waals surface area (Å²) >= 11 is 0. The van der Waals surface area contributed by atoms with Gasteiger partial charge in [0.05, 0.1) is 13.7 Å². The number of carboxylic acids is 1. The maximum atomic E-state index is 12.1. The van der Waals surface area contributed by atoms with Crippen LogP contribution in [0.3, 0.4) is 0 Å². The number of aliphatic hydroxyl groups excluding tert-OH is 4. The van der Waals surface area contributed by atoms with E-state index in [4.69, 9.17) is 23.4 Å². The highest BCUT2D eigenvalue weighted by Gasteiger charge is 2.45. The van der Waals surface area contributed by atoms with E-state index in [-0.39, 0.29) is 40.6 Å². The quantitative estimate of drug-likeness (QED) is 0.196. The first-order valence-electron chi connectivity index (χ1n) is 11.4. The molecule has 1 aromatic heterocycles. The minimum Gasteiger partial charge on any atom is -0.504 e. The molecular weight excluding hydrogens is 508 g/mol. The van der Waals surface area contributed by atoms with Crippen LogP contribution in [0.25, 0.3) is 11.0 Å². The smallest absolute Gasteiger partial charge is 0.345 e. The lowest BCUT2D eigenvalue weighted by molar-refractivity contribution is -0.277. The summed E-state index contributed by atoms with van der Waals surface area (Å²) < 4.78 is 26.9. The van der Waals surface area contributed by atoms with E-state index in [2.05, 4.69) is 0 Å². The summed E-state index contributed by atoms with van der Waals surface area (Å²) in [6, 6.07) is 9.65. The number of methoxy groups -OCH3 is 1. The number of phenols is 1. The summed E-state index contributed by atoms with van der Waals surface area (Å²) in [6.07, 6.45) is -9.77. The van der Waals surface area contributed by atoms with Crippen LogP contribution in [0.2, 0.25) is 0 Å². The van der Waals surface area contributed by atoms with E-state index in [0.29, 0.717) is 5.39 Å². The second-order valence-electron chi connectivity index (χ2n) is 8.55. The van der Waals surface area contributed by atoms with Gasteiger partial charge in [-0.05, 0) is 24.3 Å². The molecule has 0 saturated carbocycles. The van der Waals surface area contributed by atoms with Gasteiger partial charge in [0.15, 0.2) is 17.6 Å². The summed E-state index contributed by atoms with van der Waals surface area (Å²) in [6.45, 7) is -0.688. The first kappa shape index (κ1) is 27.2. The Bertz CT molecular complexity index is 1350. The van der Waals surface area contributed by atoms with E-state index in [1.54, 1.807) is 12.1 Å². The monoisotopic (exact) mass is 534 g/mol. The van der Waals surface area contributed by atoms with Crippen molar-refractivity contribution in [3.8, 4) is 23.0 Å². The minimum atomic E-state index is -1.75. The third kappa shape index (κ3) is 5.66. The Morgan fingerprint density at radius 3 is 2.45 bits per heavy atom. The topological polar surface area (TPSA) is 206 Å². The second kappa shape index (κ2) is 11.2. The minimum absolute atomic E-state index is 0.0160. The normalized spacial score (nSPS) is 24.1. The summed E-state index contributed by atoms with van der Waals surface area (Å²) in [5, 5.41) is 60.5. The first-order valence-corrected chi connectivity index (χ1v) is 11.4. The van der Waals surface area contributed by atoms with Crippen molar-refractivity contribution < 1.29 is 58.8 Å². The van der Waals surface area contributed by atoms with Gasteiger partial charge in [0, 0.05) is 35.6 Å². The highest BCUT2D eigenvalue weighted by molar-refractivity contribution is 5.78. The number of hydrogen-bond acceptors (Lipinski definition) is 12. The van der Waals surface area contributed by atoms with Crippen molar-refractivity contribution in [2.24, 2.45) is 0 Å². The molecule has 13 heteroatoms. The van der Waals surface area contributed by atoms with Crippen molar-refractivity contribution in [2.75, 3.05) is 13.7 Å². The molecule has 1 saturated heterocycles. The van der Waals surface area contributed by atoms with Gasteiger partial charge in [0.2, 0.25) is 6.29 Å². The Balaban J connectivity index is 1.63. The van der Waals surface area contributed by atoms with Gasteiger partial charge in [-0.25, -0.2) is 9.59 Å². The second-order valence-corrected chi connectivity index (χ2v) is 8.55. The lowest BCUT2D eigenvalue weighted by Crippen LogP contribution is -2.60. The molecule has 0 radical (unpaired) electrons. The van der Waals surface area contributed by atoms with Gasteiger partial charge >= 0.3 is 11.6 Å². The molecule has 1 fully saturated rings. The number of fused-ring (bicyclic) bond motifs is 1. The largest absolute Gasteiger partial charge is 0.504 e. The van der Waals surface area contributed by atoms with Crippen molar-refractivity contribution in [1.29, 1.82) is 0 Å². The Morgan fingerprint density at radius 2 is 1.76 bits per heavy atom. The number of phenolic OH excluding ortho intramolecular Hbond substituents is 1. The van der Waals surface area contributed by atoms with Crippen LogP contribution in [-0.4, -0.2) is 87.1 Å². The molecule has 38 heavy (non-hydrogen) atoms. The highest BCUT2D eigenvalue weighted by atomic mass is 16.7. The first-order chi connectivity index (χ1) is 18.1. The summed E-state index contributed by atoms with van der Waals surface area (Å²) in [5.41, 5.74) is -0.246. The van der Waals surface area contributed by atoms with Gasteiger partial charge in [-0.3, -0.25) is 0 Å². The summed E-state index contributed by atoms with van der Waals surface area (Å²) in [5.74, 6) is -1.80. The van der Waals surface area contributed by atoms with Crippen LogP contribution >= 0.6 is 0 Å². The molecule has 6 atom stereocenters. The van der Waals surface area contributed by atoms with Crippen molar-refractivity contribution in [3.05, 3.63) is 58.4 Å². The molecule has 0 bridgehead atoms. The lowest BCUT2D eigenvalue weighted by Gasteiger charge is -2.39. The molecule has 204 valence electrons. The number of benzene rings is 2. The van der Waals surface area contributed by atoms with Crippen LogP contribution in [0.4, 0.5) is 0 Å². The molecule has 0 aliphatic carbocycles. The molecule has 1 aliphatic rings. The number of aromatic hydroxyl groups is 1. The average Bonchev–Trinajstić information content (AvgIpc) is 2.89. The zero-order valence-electron chi connectivity index (χ0n) is 20.0. The average molecular weight is 534 g/mol. The van der Waals surface area contributed by atoms with Gasteiger partial charge in [0.25, 0.3) is 0 Å². The van der Waals surface area contributed by atoms with E-state index in [9.17, 15) is 40.2 Å². The fraction of sp³-hybridized carbons (Fsp3) is 0.360. The third-order valence-electron chi connectivity index (χ3n) is 6.01. The van der Waals surface area contributed by atoms with Crippen molar-refractivity contribution >= 4 is 16.9 Å². The van der Waals surface area contributed by atoms with Crippen molar-refractivity contribution in [2.45, 2.75) is 43.2 Å². The molecule has 4 rings (SSSR count). The number of ether oxygens (including phenoxy) is 4. The fourth-order valence-electron chi connectivity index (χ4n) is 3.97. The molecule has 6 N–H and O–H groups in total. The van der Waals surface area contributed by atoms with Gasteiger partial charge in [-0.1, -0.05) is 0 Å². The molecule has 13 nitrogen and oxygen atoms in total. The summed E-state index contributed by atoms with van der Waals surface area (Å²) in [7, 11) is 1.28. The predicted octanol–water partition coefficient (Wildman–Crippen LogP) is -0.239. The standard InChI is InChI=1S/C25H26O13/c1-34-17-6-12(16(9-14(17)27)37-25-23(31)22(30)21(29)19(10-26)38-25)7-18(24(32)33)35-13-4-2-11-3-5-20(28)36-15(11)8-13/h2-6,8-9,18-19,21-23,25-27,29-31H,7,10H2,1H3,(H,32,33)/t18-,19+,21+,22-,23+,25+/m0/s1. The van der Waals surface area contributed by atoms with E-state index in [1.165, 1.54) is 31.4 Å². The van der Waals surface area contributed by atoms with Gasteiger partial charge in [0.1, 0.15) is 41.5 Å². The Labute approximate surface area is 214 Å². The van der Waals surface area contributed by atoms with E-state index in [1.807, 2.05) is 0 Å². The summed E-state index contributed by atoms with van der Waals surface area (Å²) in [4.78, 5) is 23.6. The number of aliphatic hydroxyl groups is 4. The highest BCUT2D eigenvalue weighted by Crippen LogP contribution is 2.37. The number of hydrogen-bond donors (Lipinski definition) is 6. The van der Waals surface area contributed by atoms with Crippen molar-refractivity contribution in [3.63, 3.8) is 0 Å². The molecule has 0 amide bonds. The Morgan fingerprint density at radius 1 is 1.03 bits per heavy atom. The zero-order chi connectivity index (χ0) is 27.6. The van der Waals surface area contributed by atoms with Crippen LogP contribution in [0.5, 0.6) is 23.0 Å². The maximum Gasteiger partial charge on any atom is 0.345 e.